The molecule has 1 saturated heterocycles. The van der Waals surface area contributed by atoms with Gasteiger partial charge in [-0.3, -0.25) is 19.3 Å². The zero-order valence-corrected chi connectivity index (χ0v) is 17.8. The van der Waals surface area contributed by atoms with Gasteiger partial charge < -0.3 is 10.1 Å². The molecule has 2 aromatic rings. The van der Waals surface area contributed by atoms with Gasteiger partial charge in [-0.05, 0) is 36.1 Å². The second-order valence-electron chi connectivity index (χ2n) is 7.79. The minimum absolute atomic E-state index is 0.0683. The van der Waals surface area contributed by atoms with Gasteiger partial charge in [0, 0.05) is 26.5 Å². The average molecular weight is 426 g/mol. The highest BCUT2D eigenvalue weighted by atomic mass is 19.1. The third-order valence-corrected chi connectivity index (χ3v) is 5.72. The van der Waals surface area contributed by atoms with E-state index >= 15 is 0 Å². The van der Waals surface area contributed by atoms with Crippen molar-refractivity contribution in [3.63, 3.8) is 0 Å². The van der Waals surface area contributed by atoms with Crippen LogP contribution in [-0.4, -0.2) is 49.4 Å². The summed E-state index contributed by atoms with van der Waals surface area (Å²) in [5.74, 6) is -1.37. The number of nitrogens with one attached hydrogen (secondary N) is 1. The van der Waals surface area contributed by atoms with Gasteiger partial charge in [0.05, 0.1) is 18.6 Å². The lowest BCUT2D eigenvalue weighted by Gasteiger charge is -2.28. The van der Waals surface area contributed by atoms with Crippen molar-refractivity contribution in [3.8, 4) is 0 Å². The summed E-state index contributed by atoms with van der Waals surface area (Å²) in [6.07, 6.45) is 0.118. The normalized spacial score (nSPS) is 18.5. The lowest BCUT2D eigenvalue weighted by molar-refractivity contribution is -0.141. The smallest absolute Gasteiger partial charge is 0.240 e. The summed E-state index contributed by atoms with van der Waals surface area (Å²) in [5, 5.41) is 2.78. The van der Waals surface area contributed by atoms with E-state index in [0.717, 1.165) is 5.56 Å². The van der Waals surface area contributed by atoms with E-state index in [2.05, 4.69) is 5.32 Å². The second-order valence-corrected chi connectivity index (χ2v) is 7.79. The Morgan fingerprint density at radius 3 is 2.58 bits per heavy atom. The fourth-order valence-corrected chi connectivity index (χ4v) is 4.14. The van der Waals surface area contributed by atoms with Gasteiger partial charge in [0.15, 0.2) is 0 Å². The maximum Gasteiger partial charge on any atom is 0.240 e. The molecule has 1 N–H and O–H groups in total. The molecule has 0 saturated carbocycles. The maximum atomic E-state index is 13.8. The van der Waals surface area contributed by atoms with Gasteiger partial charge >= 0.3 is 0 Å². The summed E-state index contributed by atoms with van der Waals surface area (Å²) in [6, 6.07) is 13.7. The van der Waals surface area contributed by atoms with Crippen molar-refractivity contribution in [2.45, 2.75) is 31.6 Å². The molecule has 0 radical (unpaired) electrons. The molecule has 3 rings (SSSR count). The van der Waals surface area contributed by atoms with Gasteiger partial charge in [0.2, 0.25) is 17.7 Å². The number of benzene rings is 2. The number of methoxy groups -OCH3 is 1. The third kappa shape index (κ3) is 4.82. The number of nitrogens with zero attached hydrogens (tertiary/aromatic N) is 1. The molecule has 6 nitrogen and oxygen atoms in total. The summed E-state index contributed by atoms with van der Waals surface area (Å²) in [7, 11) is 1.50. The maximum absolute atomic E-state index is 13.8. The van der Waals surface area contributed by atoms with Gasteiger partial charge in [0.25, 0.3) is 0 Å². The lowest BCUT2D eigenvalue weighted by atomic mass is 9.74. The number of halogens is 1. The van der Waals surface area contributed by atoms with Crippen LogP contribution in [0.15, 0.2) is 48.5 Å². The van der Waals surface area contributed by atoms with Crippen LogP contribution in [0.5, 0.6) is 0 Å². The van der Waals surface area contributed by atoms with Crippen molar-refractivity contribution in [1.82, 2.24) is 10.2 Å². The Morgan fingerprint density at radius 2 is 1.87 bits per heavy atom. The van der Waals surface area contributed by atoms with E-state index in [1.165, 1.54) is 18.1 Å². The molecule has 1 unspecified atom stereocenters. The fourth-order valence-electron chi connectivity index (χ4n) is 4.14. The third-order valence-electron chi connectivity index (χ3n) is 5.72. The van der Waals surface area contributed by atoms with Crippen molar-refractivity contribution < 1.29 is 23.5 Å². The average Bonchev–Trinajstić information content (AvgIpc) is 2.98. The van der Waals surface area contributed by atoms with Gasteiger partial charge in [0.1, 0.15) is 5.82 Å². The highest BCUT2D eigenvalue weighted by molar-refractivity contribution is 6.10. The van der Waals surface area contributed by atoms with Gasteiger partial charge in [-0.15, -0.1) is 0 Å². The number of carbonyl (C=O) groups excluding carboxylic acids is 3. The zero-order valence-electron chi connectivity index (χ0n) is 17.8. The Kier molecular flexibility index (Phi) is 7.17. The molecule has 1 atom stereocenters. The molecule has 1 fully saturated rings. The largest absolute Gasteiger partial charge is 0.383 e. The highest BCUT2D eigenvalue weighted by Gasteiger charge is 2.54. The van der Waals surface area contributed by atoms with E-state index in [0.29, 0.717) is 17.5 Å². The minimum Gasteiger partial charge on any atom is -0.383 e. The van der Waals surface area contributed by atoms with Crippen molar-refractivity contribution >= 4 is 17.7 Å². The molecular weight excluding hydrogens is 399 g/mol. The van der Waals surface area contributed by atoms with Crippen LogP contribution in [0.1, 0.15) is 29.5 Å². The van der Waals surface area contributed by atoms with E-state index in [9.17, 15) is 18.8 Å². The summed E-state index contributed by atoms with van der Waals surface area (Å²) < 4.78 is 18.8. The number of likely N-dealkylation sites (tertiary alicyclic amines) is 1. The van der Waals surface area contributed by atoms with E-state index in [-0.39, 0.29) is 56.1 Å². The number of aryl methyl sites for hydroxylation is 1. The van der Waals surface area contributed by atoms with Crippen LogP contribution in [0.4, 0.5) is 4.39 Å². The molecule has 0 aliphatic carbocycles. The van der Waals surface area contributed by atoms with Gasteiger partial charge in [-0.1, -0.05) is 42.5 Å². The molecule has 164 valence electrons. The molecule has 2 aromatic carbocycles. The van der Waals surface area contributed by atoms with Crippen molar-refractivity contribution in [1.29, 1.82) is 0 Å². The van der Waals surface area contributed by atoms with Crippen LogP contribution in [-0.2, 0) is 31.0 Å². The van der Waals surface area contributed by atoms with Gasteiger partial charge in [-0.25, -0.2) is 4.39 Å². The van der Waals surface area contributed by atoms with Crippen LogP contribution < -0.4 is 5.32 Å². The Labute approximate surface area is 181 Å². The fraction of sp³-hybridized carbons (Fsp3) is 0.375. The topological polar surface area (TPSA) is 75.7 Å². The van der Waals surface area contributed by atoms with Crippen LogP contribution in [0.3, 0.4) is 0 Å². The molecule has 0 aromatic heterocycles. The van der Waals surface area contributed by atoms with Crippen molar-refractivity contribution in [2.24, 2.45) is 0 Å². The first-order chi connectivity index (χ1) is 14.9. The Balaban J connectivity index is 1.79. The van der Waals surface area contributed by atoms with Gasteiger partial charge in [-0.2, -0.15) is 0 Å². The van der Waals surface area contributed by atoms with E-state index in [4.69, 9.17) is 4.74 Å². The minimum atomic E-state index is -1.25. The first-order valence-corrected chi connectivity index (χ1v) is 10.3. The number of imide groups is 1. The standard InChI is InChI=1S/C24H27FN2O4/c1-17-7-3-5-9-19(17)24(16-22(29)27(23(24)30)13-14-31-2)15-21(28)26-12-11-18-8-4-6-10-20(18)25/h3-10H,11-16H2,1-2H3,(H,26,28). The Bertz CT molecular complexity index is 978. The monoisotopic (exact) mass is 426 g/mol. The predicted molar refractivity (Wildman–Crippen MR) is 114 cm³/mol. The molecule has 0 bridgehead atoms. The number of amides is 3. The molecule has 1 heterocycles. The van der Waals surface area contributed by atoms with E-state index in [1.54, 1.807) is 30.3 Å². The summed E-state index contributed by atoms with van der Waals surface area (Å²) >= 11 is 0. The Morgan fingerprint density at radius 1 is 1.16 bits per heavy atom. The zero-order chi connectivity index (χ0) is 22.4. The SMILES string of the molecule is COCCN1C(=O)CC(CC(=O)NCCc2ccccc2F)(c2ccccc2C)C1=O. The van der Waals surface area contributed by atoms with Crippen LogP contribution in [0, 0.1) is 12.7 Å². The summed E-state index contributed by atoms with van der Waals surface area (Å²) in [5.41, 5.74) is 0.779. The lowest BCUT2D eigenvalue weighted by Crippen LogP contribution is -2.43. The molecular formula is C24H27FN2O4. The number of ether oxygens (including phenoxy) is 1. The number of hydrogen-bond donors (Lipinski definition) is 1. The van der Waals surface area contributed by atoms with Crippen molar-refractivity contribution in [2.75, 3.05) is 26.8 Å². The Hall–Kier alpha value is -3.06. The van der Waals surface area contributed by atoms with Crippen LogP contribution in [0.2, 0.25) is 0 Å². The van der Waals surface area contributed by atoms with Crippen LogP contribution in [0.25, 0.3) is 0 Å². The number of rotatable bonds is 9. The number of carbonyl (C=O) groups is 3. The highest BCUT2D eigenvalue weighted by Crippen LogP contribution is 2.41. The number of hydrogen-bond acceptors (Lipinski definition) is 4. The van der Waals surface area contributed by atoms with Crippen molar-refractivity contribution in [3.05, 3.63) is 71.0 Å². The van der Waals surface area contributed by atoms with E-state index < -0.39 is 5.41 Å². The summed E-state index contributed by atoms with van der Waals surface area (Å²) in [6.45, 7) is 2.48. The first-order valence-electron chi connectivity index (χ1n) is 10.3. The molecule has 1 aliphatic heterocycles. The molecule has 3 amide bonds. The second kappa shape index (κ2) is 9.83. The first kappa shape index (κ1) is 22.6. The van der Waals surface area contributed by atoms with Crippen LogP contribution >= 0.6 is 0 Å². The molecule has 0 spiro atoms. The quantitative estimate of drug-likeness (QED) is 0.626. The summed E-state index contributed by atoms with van der Waals surface area (Å²) in [4.78, 5) is 40.1. The van der Waals surface area contributed by atoms with E-state index in [1.807, 2.05) is 19.1 Å². The molecule has 1 aliphatic rings. The molecule has 7 heteroatoms. The predicted octanol–water partition coefficient (Wildman–Crippen LogP) is 2.53. The molecule has 31 heavy (non-hydrogen) atoms.